The average Bonchev–Trinajstić information content (AvgIpc) is 3.02. The van der Waals surface area contributed by atoms with E-state index in [0.29, 0.717) is 19.0 Å². The van der Waals surface area contributed by atoms with Crippen molar-refractivity contribution in [2.24, 2.45) is 5.92 Å². The van der Waals surface area contributed by atoms with Gasteiger partial charge in [-0.2, -0.15) is 5.10 Å². The number of likely N-dealkylation sites (tertiary alicyclic amines) is 1. The van der Waals surface area contributed by atoms with E-state index in [1.165, 1.54) is 5.56 Å². The highest BCUT2D eigenvalue weighted by Gasteiger charge is 2.28. The van der Waals surface area contributed by atoms with Crippen molar-refractivity contribution in [2.75, 3.05) is 31.6 Å². The lowest BCUT2D eigenvalue weighted by molar-refractivity contribution is -0.150. The van der Waals surface area contributed by atoms with Crippen molar-refractivity contribution in [2.45, 2.75) is 33.6 Å². The predicted octanol–water partition coefficient (Wildman–Crippen LogP) is 2.70. The maximum absolute atomic E-state index is 12.6. The Bertz CT molecular complexity index is 829. The van der Waals surface area contributed by atoms with Crippen LogP contribution in [-0.4, -0.2) is 52.8 Å². The summed E-state index contributed by atoms with van der Waals surface area (Å²) in [7, 11) is 0. The number of hydrogen-bond acceptors (Lipinski definition) is 5. The second kappa shape index (κ2) is 9.01. The van der Waals surface area contributed by atoms with Gasteiger partial charge in [-0.1, -0.05) is 17.7 Å². The molecule has 28 heavy (non-hydrogen) atoms. The number of amides is 1. The molecule has 1 fully saturated rings. The third kappa shape index (κ3) is 4.98. The molecular formula is C21H28N4O3. The van der Waals surface area contributed by atoms with E-state index in [0.717, 1.165) is 30.8 Å². The molecule has 1 aromatic heterocycles. The van der Waals surface area contributed by atoms with Crippen LogP contribution >= 0.6 is 0 Å². The van der Waals surface area contributed by atoms with Gasteiger partial charge < -0.3 is 10.1 Å². The summed E-state index contributed by atoms with van der Waals surface area (Å²) >= 11 is 0. The Morgan fingerprint density at radius 2 is 2.00 bits per heavy atom. The third-order valence-corrected chi connectivity index (χ3v) is 4.87. The van der Waals surface area contributed by atoms with Crippen LogP contribution in [0.5, 0.6) is 0 Å². The minimum absolute atomic E-state index is 0.113. The summed E-state index contributed by atoms with van der Waals surface area (Å²) in [5, 5.41) is 7.46. The highest BCUT2D eigenvalue weighted by Crippen LogP contribution is 2.20. The van der Waals surface area contributed by atoms with Crippen LogP contribution in [0.3, 0.4) is 0 Å². The van der Waals surface area contributed by atoms with Crippen molar-refractivity contribution >= 4 is 17.7 Å². The van der Waals surface area contributed by atoms with E-state index >= 15 is 0 Å². The van der Waals surface area contributed by atoms with Crippen LogP contribution in [0.1, 0.15) is 31.0 Å². The van der Waals surface area contributed by atoms with Crippen LogP contribution in [0.4, 0.5) is 5.82 Å². The molecule has 1 amide bonds. The number of piperidine rings is 1. The summed E-state index contributed by atoms with van der Waals surface area (Å²) < 4.78 is 6.87. The summed E-state index contributed by atoms with van der Waals surface area (Å²) in [6, 6.07) is 9.84. The van der Waals surface area contributed by atoms with Gasteiger partial charge in [0.15, 0.2) is 0 Å². The number of carbonyl (C=O) groups excluding carboxylic acids is 2. The van der Waals surface area contributed by atoms with Crippen LogP contribution in [0.25, 0.3) is 5.69 Å². The number of esters is 1. The molecule has 0 radical (unpaired) electrons. The molecule has 3 rings (SSSR count). The van der Waals surface area contributed by atoms with E-state index in [1.54, 1.807) is 4.68 Å². The molecule has 1 unspecified atom stereocenters. The van der Waals surface area contributed by atoms with Gasteiger partial charge in [0.1, 0.15) is 5.82 Å². The standard InChI is InChI=1S/C21H28N4O3/c1-4-28-21(27)17-6-5-11-24(13-17)14-20(26)22-19-12-16(3)23-25(19)18-9-7-15(2)8-10-18/h7-10,12,17H,4-6,11,13-14H2,1-3H3,(H,22,26). The van der Waals surface area contributed by atoms with Crippen LogP contribution in [0.15, 0.2) is 30.3 Å². The Balaban J connectivity index is 1.64. The van der Waals surface area contributed by atoms with E-state index < -0.39 is 0 Å². The average molecular weight is 384 g/mol. The fraction of sp³-hybridized carbons (Fsp3) is 0.476. The Morgan fingerprint density at radius 1 is 1.25 bits per heavy atom. The zero-order valence-electron chi connectivity index (χ0n) is 16.8. The molecule has 1 saturated heterocycles. The van der Waals surface area contributed by atoms with Gasteiger partial charge in [0.05, 0.1) is 30.5 Å². The van der Waals surface area contributed by atoms with Crippen LogP contribution in [0, 0.1) is 19.8 Å². The molecule has 1 aliphatic rings. The number of benzene rings is 1. The van der Waals surface area contributed by atoms with Gasteiger partial charge in [-0.15, -0.1) is 0 Å². The first-order valence-corrected chi connectivity index (χ1v) is 9.79. The Hall–Kier alpha value is -2.67. The fourth-order valence-corrected chi connectivity index (χ4v) is 3.51. The molecule has 1 N–H and O–H groups in total. The van der Waals surface area contributed by atoms with Crippen molar-refractivity contribution in [3.8, 4) is 5.69 Å². The van der Waals surface area contributed by atoms with Gasteiger partial charge in [0, 0.05) is 12.6 Å². The molecule has 0 aliphatic carbocycles. The Labute approximate surface area is 165 Å². The second-order valence-corrected chi connectivity index (χ2v) is 7.29. The fourth-order valence-electron chi connectivity index (χ4n) is 3.51. The molecule has 150 valence electrons. The number of anilines is 1. The largest absolute Gasteiger partial charge is 0.466 e. The summed E-state index contributed by atoms with van der Waals surface area (Å²) in [6.07, 6.45) is 1.70. The number of ether oxygens (including phenoxy) is 1. The van der Waals surface area contributed by atoms with Crippen molar-refractivity contribution in [3.05, 3.63) is 41.6 Å². The van der Waals surface area contributed by atoms with Gasteiger partial charge in [0.2, 0.25) is 5.91 Å². The molecule has 2 aromatic rings. The smallest absolute Gasteiger partial charge is 0.310 e. The lowest BCUT2D eigenvalue weighted by Crippen LogP contribution is -2.43. The summed E-state index contributed by atoms with van der Waals surface area (Å²) in [5.41, 5.74) is 2.89. The van der Waals surface area contributed by atoms with E-state index in [9.17, 15) is 9.59 Å². The van der Waals surface area contributed by atoms with Crippen molar-refractivity contribution in [1.29, 1.82) is 0 Å². The summed E-state index contributed by atoms with van der Waals surface area (Å²) in [4.78, 5) is 26.6. The number of nitrogens with one attached hydrogen (secondary N) is 1. The quantitative estimate of drug-likeness (QED) is 0.775. The molecule has 0 spiro atoms. The molecule has 1 atom stereocenters. The highest BCUT2D eigenvalue weighted by molar-refractivity contribution is 5.91. The van der Waals surface area contributed by atoms with E-state index in [1.807, 2.05) is 56.0 Å². The molecule has 1 aliphatic heterocycles. The molecule has 2 heterocycles. The van der Waals surface area contributed by atoms with E-state index in [-0.39, 0.29) is 24.3 Å². The van der Waals surface area contributed by atoms with E-state index in [2.05, 4.69) is 10.4 Å². The minimum Gasteiger partial charge on any atom is -0.466 e. The zero-order chi connectivity index (χ0) is 20.1. The zero-order valence-corrected chi connectivity index (χ0v) is 16.8. The molecule has 1 aromatic carbocycles. The second-order valence-electron chi connectivity index (χ2n) is 7.29. The van der Waals surface area contributed by atoms with Crippen LogP contribution < -0.4 is 5.32 Å². The normalized spacial score (nSPS) is 17.3. The maximum atomic E-state index is 12.6. The molecule has 0 bridgehead atoms. The lowest BCUT2D eigenvalue weighted by atomic mass is 9.98. The third-order valence-electron chi connectivity index (χ3n) is 4.87. The number of aryl methyl sites for hydroxylation is 2. The molecule has 7 heteroatoms. The lowest BCUT2D eigenvalue weighted by Gasteiger charge is -2.30. The highest BCUT2D eigenvalue weighted by atomic mass is 16.5. The number of rotatable bonds is 6. The topological polar surface area (TPSA) is 76.5 Å². The van der Waals surface area contributed by atoms with Crippen molar-refractivity contribution < 1.29 is 14.3 Å². The number of hydrogen-bond donors (Lipinski definition) is 1. The number of nitrogens with zero attached hydrogens (tertiary/aromatic N) is 3. The van der Waals surface area contributed by atoms with Crippen molar-refractivity contribution in [1.82, 2.24) is 14.7 Å². The van der Waals surface area contributed by atoms with Crippen molar-refractivity contribution in [3.63, 3.8) is 0 Å². The summed E-state index contributed by atoms with van der Waals surface area (Å²) in [6.45, 7) is 7.73. The number of carbonyl (C=O) groups is 2. The monoisotopic (exact) mass is 384 g/mol. The number of aromatic nitrogens is 2. The molecular weight excluding hydrogens is 356 g/mol. The predicted molar refractivity (Wildman–Crippen MR) is 107 cm³/mol. The van der Waals surface area contributed by atoms with Gasteiger partial charge in [-0.05, 0) is 52.3 Å². The van der Waals surface area contributed by atoms with Gasteiger partial charge in [-0.3, -0.25) is 14.5 Å². The molecule has 0 saturated carbocycles. The van der Waals surface area contributed by atoms with Crippen LogP contribution in [0.2, 0.25) is 0 Å². The van der Waals surface area contributed by atoms with E-state index in [4.69, 9.17) is 4.74 Å². The van der Waals surface area contributed by atoms with Gasteiger partial charge in [0.25, 0.3) is 0 Å². The SMILES string of the molecule is CCOC(=O)C1CCCN(CC(=O)Nc2cc(C)nn2-c2ccc(C)cc2)C1. The Morgan fingerprint density at radius 3 is 2.71 bits per heavy atom. The first-order chi connectivity index (χ1) is 13.5. The maximum Gasteiger partial charge on any atom is 0.310 e. The first-order valence-electron chi connectivity index (χ1n) is 9.79. The van der Waals surface area contributed by atoms with Crippen LogP contribution in [-0.2, 0) is 14.3 Å². The Kier molecular flexibility index (Phi) is 6.46. The minimum atomic E-state index is -0.166. The van der Waals surface area contributed by atoms with Gasteiger partial charge in [-0.25, -0.2) is 4.68 Å². The van der Waals surface area contributed by atoms with Gasteiger partial charge >= 0.3 is 5.97 Å². The summed E-state index contributed by atoms with van der Waals surface area (Å²) in [5.74, 6) is 0.214. The molecule has 7 nitrogen and oxygen atoms in total. The first kappa shape index (κ1) is 20.1.